The van der Waals surface area contributed by atoms with Crippen LogP contribution >= 0.6 is 0 Å². The zero-order valence-corrected chi connectivity index (χ0v) is 5.00. The smallest absolute Gasteiger partial charge is 0.320 e. The van der Waals surface area contributed by atoms with Gasteiger partial charge in [0.05, 0.1) is 0 Å². The van der Waals surface area contributed by atoms with E-state index in [1.165, 1.54) is 0 Å². The van der Waals surface area contributed by atoms with Gasteiger partial charge in [-0.2, -0.15) is 0 Å². The van der Waals surface area contributed by atoms with E-state index < -0.39 is 12.0 Å². The zero-order valence-electron chi connectivity index (χ0n) is 5.00. The molecule has 0 aromatic heterocycles. The van der Waals surface area contributed by atoms with Crippen molar-refractivity contribution in [3.05, 3.63) is 0 Å². The van der Waals surface area contributed by atoms with Crippen LogP contribution in [0.5, 0.6) is 0 Å². The second-order valence-electron chi connectivity index (χ2n) is 1.69. The number of hydrogen-bond donors (Lipinski definition) is 2. The molecule has 1 atom stereocenters. The largest absolute Gasteiger partial charge is 0.480 e. The van der Waals surface area contributed by atoms with Crippen LogP contribution in [0.25, 0.3) is 0 Å². The number of nitrogens with two attached hydrogens (primary N) is 1. The lowest BCUT2D eigenvalue weighted by molar-refractivity contribution is -0.138. The van der Waals surface area contributed by atoms with Crippen molar-refractivity contribution < 1.29 is 9.90 Å². The summed E-state index contributed by atoms with van der Waals surface area (Å²) >= 11 is 0. The lowest BCUT2D eigenvalue weighted by atomic mass is 10.2. The van der Waals surface area contributed by atoms with Crippen LogP contribution in [0, 0.1) is 12.3 Å². The Morgan fingerprint density at radius 1 is 1.80 bits per heavy atom. The van der Waals surface area contributed by atoms with Crippen molar-refractivity contribution in [2.45, 2.75) is 26.3 Å². The highest BCUT2D eigenvalue weighted by Crippen LogP contribution is 1.91. The first-order valence-corrected chi connectivity index (χ1v) is 2.60. The first-order chi connectivity index (χ1) is 4.18. The highest BCUT2D eigenvalue weighted by Gasteiger charge is 2.08. The Kier molecular flexibility index (Phi) is 7.18. The fraction of sp³-hybridized carbons (Fsp3) is 0.571. The van der Waals surface area contributed by atoms with Crippen LogP contribution in [0.15, 0.2) is 0 Å². The van der Waals surface area contributed by atoms with Gasteiger partial charge in [-0.05, 0) is 6.42 Å². The molecule has 10 heavy (non-hydrogen) atoms. The van der Waals surface area contributed by atoms with Crippen LogP contribution in [-0.4, -0.2) is 17.1 Å². The molecule has 0 rings (SSSR count). The standard InChI is InChI=1S/C6H9NO2.CH4/c1-2-3-4-5(7)6(8)9;/h1,5H,3-4,7H2,(H,8,9);1H4/t5-;/m0./s1. The van der Waals surface area contributed by atoms with Gasteiger partial charge in [0.2, 0.25) is 0 Å². The normalized spacial score (nSPS) is 10.8. The maximum Gasteiger partial charge on any atom is 0.320 e. The molecule has 58 valence electrons. The molecule has 0 radical (unpaired) electrons. The van der Waals surface area contributed by atoms with Gasteiger partial charge >= 0.3 is 5.97 Å². The van der Waals surface area contributed by atoms with Crippen LogP contribution in [-0.2, 0) is 4.79 Å². The van der Waals surface area contributed by atoms with Crippen molar-refractivity contribution in [2.75, 3.05) is 0 Å². The molecule has 0 heterocycles. The SMILES string of the molecule is C.C#CCC[C@H](N)C(=O)O. The molecule has 0 aliphatic heterocycles. The van der Waals surface area contributed by atoms with Gasteiger partial charge in [-0.1, -0.05) is 7.43 Å². The monoisotopic (exact) mass is 143 g/mol. The molecule has 0 amide bonds. The third kappa shape index (κ3) is 5.13. The predicted molar refractivity (Wildman–Crippen MR) is 40.4 cm³/mol. The van der Waals surface area contributed by atoms with E-state index in [1.54, 1.807) is 0 Å². The number of hydrogen-bond acceptors (Lipinski definition) is 2. The Labute approximate surface area is 61.2 Å². The molecule has 3 heteroatoms. The van der Waals surface area contributed by atoms with E-state index in [0.29, 0.717) is 12.8 Å². The summed E-state index contributed by atoms with van der Waals surface area (Å²) in [7, 11) is 0. The number of carboxylic acids is 1. The Morgan fingerprint density at radius 3 is 2.60 bits per heavy atom. The highest BCUT2D eigenvalue weighted by molar-refractivity contribution is 5.72. The van der Waals surface area contributed by atoms with Crippen molar-refractivity contribution in [1.82, 2.24) is 0 Å². The van der Waals surface area contributed by atoms with Crippen LogP contribution in [0.1, 0.15) is 20.3 Å². The maximum atomic E-state index is 10.0. The summed E-state index contributed by atoms with van der Waals surface area (Å²) < 4.78 is 0. The zero-order chi connectivity index (χ0) is 7.28. The van der Waals surface area contributed by atoms with Crippen molar-refractivity contribution >= 4 is 5.97 Å². The average Bonchev–Trinajstić information content (AvgIpc) is 1.82. The summed E-state index contributed by atoms with van der Waals surface area (Å²) in [6.07, 6.45) is 5.66. The van der Waals surface area contributed by atoms with Crippen LogP contribution in [0.2, 0.25) is 0 Å². The molecule has 0 spiro atoms. The number of aliphatic carboxylic acids is 1. The summed E-state index contributed by atoms with van der Waals surface area (Å²) in [5.41, 5.74) is 5.11. The molecular weight excluding hydrogens is 130 g/mol. The second kappa shape index (κ2) is 6.12. The maximum absolute atomic E-state index is 10.0. The van der Waals surface area contributed by atoms with E-state index in [9.17, 15) is 4.79 Å². The van der Waals surface area contributed by atoms with E-state index in [-0.39, 0.29) is 7.43 Å². The minimum atomic E-state index is -0.995. The fourth-order valence-electron chi connectivity index (χ4n) is 0.362. The van der Waals surface area contributed by atoms with Gasteiger partial charge in [0.1, 0.15) is 6.04 Å². The van der Waals surface area contributed by atoms with E-state index in [4.69, 9.17) is 17.3 Å². The lowest BCUT2D eigenvalue weighted by Gasteiger charge is -2.00. The number of carbonyl (C=O) groups is 1. The Bertz CT molecular complexity index is 137. The summed E-state index contributed by atoms with van der Waals surface area (Å²) in [5.74, 6) is 1.32. The van der Waals surface area contributed by atoms with Gasteiger partial charge in [-0.3, -0.25) is 4.79 Å². The van der Waals surface area contributed by atoms with E-state index >= 15 is 0 Å². The van der Waals surface area contributed by atoms with Crippen LogP contribution in [0.4, 0.5) is 0 Å². The fourth-order valence-corrected chi connectivity index (χ4v) is 0.362. The van der Waals surface area contributed by atoms with Crippen molar-refractivity contribution in [2.24, 2.45) is 5.73 Å². The van der Waals surface area contributed by atoms with Gasteiger partial charge in [0.15, 0.2) is 0 Å². The van der Waals surface area contributed by atoms with E-state index in [0.717, 1.165) is 0 Å². The summed E-state index contributed by atoms with van der Waals surface area (Å²) in [6.45, 7) is 0. The van der Waals surface area contributed by atoms with Crippen LogP contribution < -0.4 is 5.73 Å². The summed E-state index contributed by atoms with van der Waals surface area (Å²) in [4.78, 5) is 10.0. The van der Waals surface area contributed by atoms with Gasteiger partial charge in [-0.15, -0.1) is 12.3 Å². The molecule has 0 unspecified atom stereocenters. The Morgan fingerprint density at radius 2 is 2.30 bits per heavy atom. The molecular formula is C7H13NO2. The molecule has 0 fully saturated rings. The quantitative estimate of drug-likeness (QED) is 0.564. The predicted octanol–water partition coefficient (Wildman–Crippen LogP) is 0.448. The Balaban J connectivity index is 0. The lowest BCUT2D eigenvalue weighted by Crippen LogP contribution is -2.29. The average molecular weight is 143 g/mol. The molecule has 0 saturated heterocycles. The minimum Gasteiger partial charge on any atom is -0.480 e. The minimum absolute atomic E-state index is 0. The van der Waals surface area contributed by atoms with Crippen molar-refractivity contribution in [3.63, 3.8) is 0 Å². The molecule has 0 aromatic carbocycles. The van der Waals surface area contributed by atoms with E-state index in [1.807, 2.05) is 0 Å². The molecule has 0 bridgehead atoms. The van der Waals surface area contributed by atoms with Gasteiger partial charge in [0.25, 0.3) is 0 Å². The molecule has 3 nitrogen and oxygen atoms in total. The van der Waals surface area contributed by atoms with E-state index in [2.05, 4.69) is 5.92 Å². The van der Waals surface area contributed by atoms with Gasteiger partial charge in [-0.25, -0.2) is 0 Å². The first-order valence-electron chi connectivity index (χ1n) is 2.60. The second-order valence-corrected chi connectivity index (χ2v) is 1.69. The molecule has 0 aliphatic carbocycles. The van der Waals surface area contributed by atoms with Crippen molar-refractivity contribution in [1.29, 1.82) is 0 Å². The molecule has 3 N–H and O–H groups in total. The third-order valence-corrected chi connectivity index (χ3v) is 0.917. The van der Waals surface area contributed by atoms with Gasteiger partial charge in [0, 0.05) is 6.42 Å². The van der Waals surface area contributed by atoms with Gasteiger partial charge < -0.3 is 10.8 Å². The third-order valence-electron chi connectivity index (χ3n) is 0.917. The molecule has 0 aliphatic rings. The number of carboxylic acid groups (broad SMARTS) is 1. The van der Waals surface area contributed by atoms with Crippen molar-refractivity contribution in [3.8, 4) is 12.3 Å². The molecule has 0 aromatic rings. The number of terminal acetylenes is 1. The first kappa shape index (κ1) is 11.7. The van der Waals surface area contributed by atoms with Crippen LogP contribution in [0.3, 0.4) is 0 Å². The summed E-state index contributed by atoms with van der Waals surface area (Å²) in [6, 6.07) is -0.805. The number of rotatable bonds is 3. The highest BCUT2D eigenvalue weighted by atomic mass is 16.4. The topological polar surface area (TPSA) is 63.3 Å². The molecule has 0 saturated carbocycles. The Hall–Kier alpha value is -1.01. The summed E-state index contributed by atoms with van der Waals surface area (Å²) in [5, 5.41) is 8.22.